The second-order valence-corrected chi connectivity index (χ2v) is 5.68. The maximum atomic E-state index is 13.5. The van der Waals surface area contributed by atoms with Gasteiger partial charge in [0, 0.05) is 5.02 Å². The van der Waals surface area contributed by atoms with E-state index in [0.29, 0.717) is 10.6 Å². The van der Waals surface area contributed by atoms with E-state index in [0.717, 1.165) is 5.56 Å². The number of hydrogen-bond donors (Lipinski definition) is 3. The summed E-state index contributed by atoms with van der Waals surface area (Å²) >= 11 is 6.02. The van der Waals surface area contributed by atoms with Gasteiger partial charge in [-0.1, -0.05) is 35.9 Å². The molecule has 2 aromatic rings. The van der Waals surface area contributed by atoms with Crippen LogP contribution in [0.25, 0.3) is 0 Å². The number of halogens is 2. The summed E-state index contributed by atoms with van der Waals surface area (Å²) in [6.07, 6.45) is 0. The molecular formula is C17H18ClFN2O2. The van der Waals surface area contributed by atoms with Crippen LogP contribution < -0.4 is 10.6 Å². The second-order valence-electron chi connectivity index (χ2n) is 5.24. The average molecular weight is 337 g/mol. The molecule has 23 heavy (non-hydrogen) atoms. The fraction of sp³-hybridized carbons (Fsp3) is 0.235. The van der Waals surface area contributed by atoms with Crippen LogP contribution in [0.5, 0.6) is 0 Å². The van der Waals surface area contributed by atoms with Crippen molar-refractivity contribution in [2.24, 2.45) is 0 Å². The van der Waals surface area contributed by atoms with Gasteiger partial charge in [0.1, 0.15) is 5.82 Å². The highest BCUT2D eigenvalue weighted by atomic mass is 35.5. The van der Waals surface area contributed by atoms with Gasteiger partial charge < -0.3 is 15.7 Å². The number of carbonyl (C=O) groups excluding carboxylic acids is 1. The first kappa shape index (κ1) is 17.2. The lowest BCUT2D eigenvalue weighted by atomic mass is 9.99. The lowest BCUT2D eigenvalue weighted by Gasteiger charge is -2.21. The molecule has 0 fully saturated rings. The van der Waals surface area contributed by atoms with E-state index in [4.69, 9.17) is 16.7 Å². The Hall–Kier alpha value is -2.11. The number of aliphatic hydroxyl groups is 1. The highest BCUT2D eigenvalue weighted by molar-refractivity contribution is 6.30. The van der Waals surface area contributed by atoms with Gasteiger partial charge in [-0.3, -0.25) is 0 Å². The minimum Gasteiger partial charge on any atom is -0.394 e. The molecule has 0 bridgehead atoms. The third kappa shape index (κ3) is 4.94. The lowest BCUT2D eigenvalue weighted by Crippen LogP contribution is -2.43. The van der Waals surface area contributed by atoms with Crippen LogP contribution in [0, 0.1) is 5.82 Å². The molecule has 0 aliphatic carbocycles. The van der Waals surface area contributed by atoms with Crippen LogP contribution in [-0.2, 0) is 0 Å². The van der Waals surface area contributed by atoms with Gasteiger partial charge in [-0.25, -0.2) is 9.18 Å². The molecule has 2 unspecified atom stereocenters. The Balaban J connectivity index is 2.30. The minimum atomic E-state index is -0.560. The van der Waals surface area contributed by atoms with Crippen LogP contribution in [0.1, 0.15) is 24.1 Å². The van der Waals surface area contributed by atoms with E-state index in [9.17, 15) is 9.18 Å². The first-order chi connectivity index (χ1) is 11.0. The highest BCUT2D eigenvalue weighted by Crippen LogP contribution is 2.25. The van der Waals surface area contributed by atoms with Crippen molar-refractivity contribution in [2.45, 2.75) is 19.0 Å². The van der Waals surface area contributed by atoms with Gasteiger partial charge in [0.05, 0.1) is 18.7 Å². The molecule has 0 spiro atoms. The summed E-state index contributed by atoms with van der Waals surface area (Å²) in [4.78, 5) is 12.1. The van der Waals surface area contributed by atoms with Crippen LogP contribution >= 0.6 is 11.6 Å². The molecule has 3 N–H and O–H groups in total. The van der Waals surface area contributed by atoms with Gasteiger partial charge in [0.15, 0.2) is 0 Å². The average Bonchev–Trinajstić information content (AvgIpc) is 2.52. The zero-order valence-electron chi connectivity index (χ0n) is 12.6. The van der Waals surface area contributed by atoms with Crippen molar-refractivity contribution in [1.29, 1.82) is 0 Å². The Morgan fingerprint density at radius 2 is 1.83 bits per heavy atom. The van der Waals surface area contributed by atoms with Crippen molar-refractivity contribution >= 4 is 17.6 Å². The Labute approximate surface area is 139 Å². The second kappa shape index (κ2) is 7.94. The van der Waals surface area contributed by atoms with Gasteiger partial charge in [-0.2, -0.15) is 0 Å². The van der Waals surface area contributed by atoms with E-state index in [2.05, 4.69) is 10.6 Å². The maximum Gasteiger partial charge on any atom is 0.315 e. The lowest BCUT2D eigenvalue weighted by molar-refractivity contribution is 0.219. The van der Waals surface area contributed by atoms with E-state index < -0.39 is 12.1 Å². The van der Waals surface area contributed by atoms with Crippen LogP contribution in [0.2, 0.25) is 5.02 Å². The van der Waals surface area contributed by atoms with Crippen LogP contribution in [0.4, 0.5) is 9.18 Å². The largest absolute Gasteiger partial charge is 0.394 e. The molecule has 0 heterocycles. The molecule has 2 amide bonds. The third-order valence-corrected chi connectivity index (χ3v) is 3.53. The topological polar surface area (TPSA) is 61.4 Å². The van der Waals surface area contributed by atoms with E-state index in [1.54, 1.807) is 43.3 Å². The number of nitrogens with one attached hydrogen (secondary N) is 2. The Bertz CT molecular complexity index is 636. The molecule has 0 aliphatic heterocycles. The van der Waals surface area contributed by atoms with Gasteiger partial charge >= 0.3 is 6.03 Å². The van der Waals surface area contributed by atoms with Gasteiger partial charge in [-0.05, 0) is 42.3 Å². The van der Waals surface area contributed by atoms with Crippen molar-refractivity contribution in [3.05, 3.63) is 70.5 Å². The smallest absolute Gasteiger partial charge is 0.315 e. The molecule has 0 aliphatic rings. The summed E-state index contributed by atoms with van der Waals surface area (Å²) in [5.41, 5.74) is 1.33. The first-order valence-corrected chi connectivity index (χ1v) is 7.56. The molecule has 0 radical (unpaired) electrons. The molecule has 2 rings (SSSR count). The van der Waals surface area contributed by atoms with E-state index in [1.165, 1.54) is 12.1 Å². The molecule has 122 valence electrons. The van der Waals surface area contributed by atoms with Crippen molar-refractivity contribution in [1.82, 2.24) is 10.6 Å². The van der Waals surface area contributed by atoms with E-state index in [-0.39, 0.29) is 18.5 Å². The predicted molar refractivity (Wildman–Crippen MR) is 87.9 cm³/mol. The van der Waals surface area contributed by atoms with Gasteiger partial charge in [0.2, 0.25) is 0 Å². The van der Waals surface area contributed by atoms with E-state index >= 15 is 0 Å². The van der Waals surface area contributed by atoms with Crippen molar-refractivity contribution in [3.8, 4) is 0 Å². The number of rotatable bonds is 5. The van der Waals surface area contributed by atoms with Crippen LogP contribution in [0.3, 0.4) is 0 Å². The standard InChI is InChI=1S/C17H18ClFN2O2/c1-11(10-22)20-17(23)21-16(12-4-2-6-14(18)8-12)13-5-3-7-15(19)9-13/h2-9,11,16,22H,10H2,1H3,(H2,20,21,23). The Morgan fingerprint density at radius 3 is 2.43 bits per heavy atom. The molecular weight excluding hydrogens is 319 g/mol. The number of benzene rings is 2. The molecule has 2 atom stereocenters. The number of amides is 2. The normalized spacial score (nSPS) is 13.2. The number of carbonyl (C=O) groups is 1. The third-order valence-electron chi connectivity index (χ3n) is 3.29. The monoisotopic (exact) mass is 336 g/mol. The number of aliphatic hydroxyl groups excluding tert-OH is 1. The minimum absolute atomic E-state index is 0.171. The molecule has 2 aromatic carbocycles. The maximum absolute atomic E-state index is 13.5. The quantitative estimate of drug-likeness (QED) is 0.785. The zero-order valence-corrected chi connectivity index (χ0v) is 13.3. The van der Waals surface area contributed by atoms with Gasteiger partial charge in [0.25, 0.3) is 0 Å². The summed E-state index contributed by atoms with van der Waals surface area (Å²) in [7, 11) is 0. The SMILES string of the molecule is CC(CO)NC(=O)NC(c1cccc(F)c1)c1cccc(Cl)c1. The van der Waals surface area contributed by atoms with Crippen molar-refractivity contribution in [3.63, 3.8) is 0 Å². The Kier molecular flexibility index (Phi) is 5.96. The predicted octanol–water partition coefficient (Wildman–Crippen LogP) is 3.25. The molecule has 0 aromatic heterocycles. The first-order valence-electron chi connectivity index (χ1n) is 7.18. The van der Waals surface area contributed by atoms with Crippen LogP contribution in [-0.4, -0.2) is 23.8 Å². The molecule has 6 heteroatoms. The molecule has 0 saturated carbocycles. The zero-order chi connectivity index (χ0) is 16.8. The summed E-state index contributed by atoms with van der Waals surface area (Å²) < 4.78 is 13.5. The summed E-state index contributed by atoms with van der Waals surface area (Å²) in [6, 6.07) is 11.6. The highest BCUT2D eigenvalue weighted by Gasteiger charge is 2.18. The number of hydrogen-bond acceptors (Lipinski definition) is 2. The van der Waals surface area contributed by atoms with Crippen molar-refractivity contribution in [2.75, 3.05) is 6.61 Å². The summed E-state index contributed by atoms with van der Waals surface area (Å²) in [5.74, 6) is -0.388. The summed E-state index contributed by atoms with van der Waals surface area (Å²) in [5, 5.41) is 14.9. The summed E-state index contributed by atoms with van der Waals surface area (Å²) in [6.45, 7) is 1.51. The van der Waals surface area contributed by atoms with Gasteiger partial charge in [-0.15, -0.1) is 0 Å². The van der Waals surface area contributed by atoms with Crippen LogP contribution in [0.15, 0.2) is 48.5 Å². The molecule has 4 nitrogen and oxygen atoms in total. The fourth-order valence-corrected chi connectivity index (χ4v) is 2.37. The van der Waals surface area contributed by atoms with E-state index in [1.807, 2.05) is 0 Å². The Morgan fingerprint density at radius 1 is 1.17 bits per heavy atom. The molecule has 0 saturated heterocycles. The number of urea groups is 1. The fourth-order valence-electron chi connectivity index (χ4n) is 2.17. The van der Waals surface area contributed by atoms with Crippen molar-refractivity contribution < 1.29 is 14.3 Å².